The molecule has 26 nitrogen and oxygen atoms in total. The van der Waals surface area contributed by atoms with Crippen LogP contribution >= 0.6 is 23.1 Å². The third-order valence-corrected chi connectivity index (χ3v) is 16.6. The van der Waals surface area contributed by atoms with E-state index in [4.69, 9.17) is 16.4 Å². The number of para-hydroxylation sites is 2. The van der Waals surface area contributed by atoms with Gasteiger partial charge in [0.2, 0.25) is 11.0 Å². The maximum Gasteiger partial charge on any atom is 0.296 e. The van der Waals surface area contributed by atoms with E-state index in [0.717, 1.165) is 41.3 Å². The first-order valence-electron chi connectivity index (χ1n) is 22.4. The van der Waals surface area contributed by atoms with Crippen LogP contribution in [0.25, 0.3) is 37.7 Å². The zero-order valence-corrected chi connectivity index (χ0v) is 45.0. The number of aliphatic hydroxyl groups is 1. The molecule has 3 heterocycles. The van der Waals surface area contributed by atoms with E-state index in [9.17, 15) is 67.4 Å². The van der Waals surface area contributed by atoms with E-state index in [1.807, 2.05) is 0 Å². The van der Waals surface area contributed by atoms with E-state index in [1.54, 1.807) is 24.3 Å². The third kappa shape index (κ3) is 13.0. The predicted octanol–water partition coefficient (Wildman–Crippen LogP) is 9.87. The average Bonchev–Trinajstić information content (AvgIpc) is 4.00. The Hall–Kier alpha value is -7.16. The number of benzene rings is 5. The molecule has 0 unspecified atom stereocenters. The molecule has 0 saturated carbocycles. The Kier molecular flexibility index (Phi) is 16.8. The number of thiazole rings is 1. The molecule has 3 aromatic heterocycles. The number of hydrogen-bond acceptors (Lipinski definition) is 23. The summed E-state index contributed by atoms with van der Waals surface area (Å²) >= 11 is 1.80. The number of azo groups is 3. The highest BCUT2D eigenvalue weighted by molar-refractivity contribution is 7.99. The first-order chi connectivity index (χ1) is 36.9. The van der Waals surface area contributed by atoms with Crippen molar-refractivity contribution >= 4 is 135 Å². The van der Waals surface area contributed by atoms with Gasteiger partial charge in [0.25, 0.3) is 40.5 Å². The van der Waals surface area contributed by atoms with Crippen LogP contribution in [0, 0.1) is 25.2 Å². The van der Waals surface area contributed by atoms with Crippen molar-refractivity contribution in [1.29, 1.82) is 5.26 Å². The number of aromatic hydroxyl groups is 1. The summed E-state index contributed by atoms with van der Waals surface area (Å²) in [5.41, 5.74) is 1.04. The van der Waals surface area contributed by atoms with E-state index in [2.05, 4.69) is 46.7 Å². The van der Waals surface area contributed by atoms with Crippen LogP contribution in [0.1, 0.15) is 36.0 Å². The van der Waals surface area contributed by atoms with Crippen LogP contribution < -0.4 is 9.47 Å². The highest BCUT2D eigenvalue weighted by atomic mass is 32.2. The van der Waals surface area contributed by atoms with Crippen LogP contribution in [0.15, 0.2) is 118 Å². The molecule has 0 bridgehead atoms. The Morgan fingerprint density at radius 3 is 2.09 bits per heavy atom. The standard InChI is InChI=1S/C46H40N10O16S6/c1-3-12-71-38-21-35(39(73-14-7-16-76(62,63)64)22-34(38)52-55-46-49-42-40(78(68,69)70)18-26-10-11-28(77(65,66)67)19-29(26)43(42)74-46)53-50-32-20-37(72-13-6-15-75(59,60)61)33(17-27(32)24-57)51-54-41-25(2)30(23-47)44-48-31-8-4-5-9-36(31)56(44)45(41)58/h1,4-5,8-11,17-22,57-58H,3,6-7,12-16,24H2,2H3,(H,59,60,61)(H,62,63,64)(H,65,66,67)(H,68,69,70). The van der Waals surface area contributed by atoms with Crippen LogP contribution in [0.5, 0.6) is 17.4 Å². The summed E-state index contributed by atoms with van der Waals surface area (Å²) in [5.74, 6) is -1.72. The Morgan fingerprint density at radius 1 is 0.756 bits per heavy atom. The van der Waals surface area contributed by atoms with Gasteiger partial charge < -0.3 is 19.7 Å². The third-order valence-electron chi connectivity index (χ3n) is 11.2. The molecule has 0 saturated heterocycles. The molecule has 78 heavy (non-hydrogen) atoms. The molecule has 0 fully saturated rings. The quantitative estimate of drug-likeness (QED) is 0.0159. The van der Waals surface area contributed by atoms with Gasteiger partial charge in [-0.15, -0.1) is 37.3 Å². The number of aromatic nitrogens is 3. The molecule has 0 aliphatic heterocycles. The number of ether oxygens (including phenoxy) is 2. The minimum atomic E-state index is -4.92. The van der Waals surface area contributed by atoms with E-state index >= 15 is 0 Å². The van der Waals surface area contributed by atoms with Gasteiger partial charge in [0.1, 0.15) is 50.6 Å². The Morgan fingerprint density at radius 2 is 1.41 bits per heavy atom. The second kappa shape index (κ2) is 23.0. The first kappa shape index (κ1) is 57.0. The minimum absolute atomic E-state index is 0.00121. The summed E-state index contributed by atoms with van der Waals surface area (Å²) in [6.45, 7) is 6.23. The van der Waals surface area contributed by atoms with Gasteiger partial charge in [-0.05, 0) is 86.7 Å². The van der Waals surface area contributed by atoms with E-state index in [-0.39, 0.29) is 132 Å². The number of rotatable bonds is 22. The van der Waals surface area contributed by atoms with Gasteiger partial charge in [0.15, 0.2) is 11.3 Å². The second-order valence-electron chi connectivity index (χ2n) is 16.5. The fourth-order valence-electron chi connectivity index (χ4n) is 7.61. The van der Waals surface area contributed by atoms with Crippen molar-refractivity contribution in [2.75, 3.05) is 30.5 Å². The average molecular weight is 1180 g/mol. The van der Waals surface area contributed by atoms with Crippen molar-refractivity contribution in [3.63, 3.8) is 0 Å². The topological polar surface area (TPSA) is 405 Å². The van der Waals surface area contributed by atoms with Crippen LogP contribution in [0.2, 0.25) is 0 Å². The minimum Gasteiger partial charge on any atom is -0.493 e. The lowest BCUT2D eigenvalue weighted by atomic mass is 10.1. The summed E-state index contributed by atoms with van der Waals surface area (Å²) in [6.07, 6.45) is -0.252. The van der Waals surface area contributed by atoms with Gasteiger partial charge in [-0.1, -0.05) is 29.5 Å². The first-order valence-corrected chi connectivity index (χ1v) is 30.3. The number of nitrogens with zero attached hydrogens (tertiary/aromatic N) is 10. The van der Waals surface area contributed by atoms with Crippen molar-refractivity contribution in [1.82, 2.24) is 14.4 Å². The lowest BCUT2D eigenvalue weighted by molar-refractivity contribution is 0.281. The lowest BCUT2D eigenvalue weighted by Gasteiger charge is -2.13. The summed E-state index contributed by atoms with van der Waals surface area (Å²) in [4.78, 5) is 7.88. The number of fused-ring (bicyclic) bond motifs is 6. The van der Waals surface area contributed by atoms with Crippen molar-refractivity contribution in [2.45, 2.75) is 47.5 Å². The van der Waals surface area contributed by atoms with E-state index in [1.165, 1.54) is 41.7 Å². The molecule has 8 aromatic rings. The summed E-state index contributed by atoms with van der Waals surface area (Å²) in [5, 5.41) is 58.4. The van der Waals surface area contributed by atoms with Crippen molar-refractivity contribution in [3.05, 3.63) is 96.4 Å². The number of pyridine rings is 1. The normalized spacial score (nSPS) is 12.8. The lowest BCUT2D eigenvalue weighted by Crippen LogP contribution is -2.08. The summed E-state index contributed by atoms with van der Waals surface area (Å²) < 4.78 is 147. The largest absolute Gasteiger partial charge is 0.493 e. The molecule has 8 rings (SSSR count). The second-order valence-corrected chi connectivity index (χ2v) is 24.6. The van der Waals surface area contributed by atoms with Crippen LogP contribution in [0.3, 0.4) is 0 Å². The maximum atomic E-state index is 12.5. The number of nitriles is 1. The number of imidazole rings is 1. The monoisotopic (exact) mass is 1180 g/mol. The SMILES string of the molecule is [CH]CCOc1cc(N=Nc2cc(OCCCS(=O)(=O)O)c(N=Nc3c(C)c(C#N)c4nc5ccccc5n4c3O)cc2CO)c(SCCCS(=O)(=O)O)cc1N=Nc1nc2c(S(=O)(=O)O)cc3ccc(S(=O)(=O)O)cc3c2s1. The fourth-order valence-corrected chi connectivity index (χ4v) is 11.9. The molecule has 5 aromatic carbocycles. The highest BCUT2D eigenvalue weighted by Crippen LogP contribution is 2.46. The van der Waals surface area contributed by atoms with Crippen LogP contribution in [-0.2, 0) is 47.1 Å². The van der Waals surface area contributed by atoms with E-state index in [0.29, 0.717) is 11.0 Å². The van der Waals surface area contributed by atoms with Gasteiger partial charge in [0, 0.05) is 33.5 Å². The maximum absolute atomic E-state index is 12.5. The molecule has 2 radical (unpaired) electrons. The van der Waals surface area contributed by atoms with Crippen molar-refractivity contribution in [2.24, 2.45) is 30.7 Å². The van der Waals surface area contributed by atoms with Crippen molar-refractivity contribution < 1.29 is 71.6 Å². The molecular weight excluding hydrogens is 1140 g/mol. The molecule has 0 spiro atoms. The molecule has 0 aliphatic carbocycles. The van der Waals surface area contributed by atoms with Gasteiger partial charge >= 0.3 is 0 Å². The Labute approximate surface area is 451 Å². The van der Waals surface area contributed by atoms with Gasteiger partial charge in [-0.3, -0.25) is 22.6 Å². The molecule has 6 N–H and O–H groups in total. The summed E-state index contributed by atoms with van der Waals surface area (Å²) in [7, 11) is -18.4. The molecule has 0 atom stereocenters. The van der Waals surface area contributed by atoms with E-state index < -0.39 is 74.3 Å². The predicted molar refractivity (Wildman–Crippen MR) is 285 cm³/mol. The Bertz CT molecular complexity index is 4310. The fraction of sp³-hybridized carbons (Fsp3) is 0.217. The van der Waals surface area contributed by atoms with Gasteiger partial charge in [0.05, 0.1) is 57.6 Å². The molecule has 32 heteroatoms. The molecule has 406 valence electrons. The smallest absolute Gasteiger partial charge is 0.296 e. The number of thioether (sulfide) groups is 1. The molecular formula is C46H40N10O16S6. The Balaban J connectivity index is 1.22. The molecule has 0 amide bonds. The summed E-state index contributed by atoms with van der Waals surface area (Å²) in [6, 6.07) is 18.8. The number of hydrogen-bond donors (Lipinski definition) is 6. The van der Waals surface area contributed by atoms with Crippen molar-refractivity contribution in [3.8, 4) is 23.4 Å². The molecule has 0 aliphatic rings. The van der Waals surface area contributed by atoms with Crippen LogP contribution in [-0.4, -0.2) is 107 Å². The number of aliphatic hydroxyl groups excluding tert-OH is 1. The zero-order valence-electron chi connectivity index (χ0n) is 40.1. The van der Waals surface area contributed by atoms with Crippen LogP contribution in [0.4, 0.5) is 33.6 Å². The van der Waals surface area contributed by atoms with Gasteiger partial charge in [-0.25, -0.2) is 9.97 Å². The zero-order chi connectivity index (χ0) is 56.3. The van der Waals surface area contributed by atoms with Gasteiger partial charge in [-0.2, -0.15) is 44.0 Å². The highest BCUT2D eigenvalue weighted by Gasteiger charge is 2.24.